The van der Waals surface area contributed by atoms with Gasteiger partial charge in [0, 0.05) is 42.5 Å². The van der Waals surface area contributed by atoms with Gasteiger partial charge in [-0.1, -0.05) is 28.1 Å². The summed E-state index contributed by atoms with van der Waals surface area (Å²) in [5.41, 5.74) is 1.61. The van der Waals surface area contributed by atoms with Gasteiger partial charge in [0.25, 0.3) is 0 Å². The van der Waals surface area contributed by atoms with E-state index in [9.17, 15) is 14.7 Å². The molecule has 4 rings (SSSR count). The van der Waals surface area contributed by atoms with E-state index in [4.69, 9.17) is 9.47 Å². The summed E-state index contributed by atoms with van der Waals surface area (Å²) in [4.78, 5) is 27.5. The molecule has 0 aliphatic carbocycles. The highest BCUT2D eigenvalue weighted by Gasteiger charge is 2.35. The van der Waals surface area contributed by atoms with Crippen molar-refractivity contribution in [2.75, 3.05) is 20.2 Å². The molecule has 0 unspecified atom stereocenters. The summed E-state index contributed by atoms with van der Waals surface area (Å²) >= 11 is 3.56. The number of nitrogens with zero attached hydrogens (tertiary/aromatic N) is 1. The number of carbonyl (C=O) groups excluding carboxylic acids is 2. The fourth-order valence-corrected chi connectivity index (χ4v) is 5.71. The Bertz CT molecular complexity index is 1190. The maximum Gasteiger partial charge on any atom is 0.242 e. The molecule has 218 valence electrons. The number of carbonyl (C=O) groups is 2. The van der Waals surface area contributed by atoms with Crippen molar-refractivity contribution in [3.05, 3.63) is 58.1 Å². The van der Waals surface area contributed by atoms with E-state index in [1.807, 2.05) is 42.5 Å². The van der Waals surface area contributed by atoms with Gasteiger partial charge in [-0.3, -0.25) is 9.59 Å². The zero-order valence-electron chi connectivity index (χ0n) is 23.9. The van der Waals surface area contributed by atoms with E-state index in [2.05, 4.69) is 40.4 Å². The number of hydrogen-bond donors (Lipinski definition) is 3. The summed E-state index contributed by atoms with van der Waals surface area (Å²) < 4.78 is 13.1. The molecule has 2 aromatic rings. The van der Waals surface area contributed by atoms with Crippen LogP contribution in [-0.4, -0.2) is 65.8 Å². The molecule has 2 bridgehead atoms. The van der Waals surface area contributed by atoms with Crippen LogP contribution in [0.1, 0.15) is 70.0 Å². The molecule has 0 spiro atoms. The predicted octanol–water partition coefficient (Wildman–Crippen LogP) is 4.53. The number of rotatable bonds is 4. The minimum absolute atomic E-state index is 0.0350. The first-order chi connectivity index (χ1) is 19.0. The van der Waals surface area contributed by atoms with E-state index < -0.39 is 18.2 Å². The third kappa shape index (κ3) is 7.98. The Hall–Kier alpha value is -2.62. The standard InChI is InChI=1S/C31H42BrN3O5/c1-20-30(38)34-25(16-21-9-8-10-23(15-21)39-14-7-5-6-11-29(37)35(20)4)27(36)19-33-26-18-31(2,3)40-28-13-12-22(32)17-24(26)28/h8-10,12-13,15,17,20,25-27,33,36H,5-7,11,14,16,18-19H2,1-4H3,(H,34,38)/t20-,25-,26+,27+/m0/s1. The third-order valence-corrected chi connectivity index (χ3v) is 8.30. The summed E-state index contributed by atoms with van der Waals surface area (Å²) in [6.45, 7) is 6.68. The largest absolute Gasteiger partial charge is 0.494 e. The summed E-state index contributed by atoms with van der Waals surface area (Å²) in [5, 5.41) is 18.0. The smallest absolute Gasteiger partial charge is 0.242 e. The molecule has 8 nitrogen and oxygen atoms in total. The molecular weight excluding hydrogens is 574 g/mol. The molecule has 0 aromatic heterocycles. The van der Waals surface area contributed by atoms with Gasteiger partial charge in [0.2, 0.25) is 11.8 Å². The van der Waals surface area contributed by atoms with Crippen molar-refractivity contribution in [1.29, 1.82) is 0 Å². The maximum absolute atomic E-state index is 13.3. The van der Waals surface area contributed by atoms with Gasteiger partial charge in [0.05, 0.1) is 18.8 Å². The van der Waals surface area contributed by atoms with Gasteiger partial charge in [-0.25, -0.2) is 0 Å². The summed E-state index contributed by atoms with van der Waals surface area (Å²) in [6.07, 6.45) is 3.12. The molecule has 0 radical (unpaired) electrons. The van der Waals surface area contributed by atoms with Gasteiger partial charge in [0.1, 0.15) is 23.1 Å². The molecule has 9 heteroatoms. The molecule has 40 heavy (non-hydrogen) atoms. The number of halogens is 1. The van der Waals surface area contributed by atoms with Crippen molar-refractivity contribution in [2.24, 2.45) is 0 Å². The zero-order valence-corrected chi connectivity index (χ0v) is 25.5. The monoisotopic (exact) mass is 615 g/mol. The van der Waals surface area contributed by atoms with Crippen molar-refractivity contribution in [1.82, 2.24) is 15.5 Å². The molecule has 2 amide bonds. The average molecular weight is 617 g/mol. The van der Waals surface area contributed by atoms with Crippen LogP contribution in [-0.2, 0) is 16.0 Å². The Morgan fingerprint density at radius 3 is 2.77 bits per heavy atom. The van der Waals surface area contributed by atoms with Crippen LogP contribution in [0.2, 0.25) is 0 Å². The minimum atomic E-state index is -0.887. The van der Waals surface area contributed by atoms with Gasteiger partial charge in [-0.2, -0.15) is 0 Å². The molecule has 3 N–H and O–H groups in total. The Balaban J connectivity index is 1.54. The highest BCUT2D eigenvalue weighted by molar-refractivity contribution is 9.10. The lowest BCUT2D eigenvalue weighted by molar-refractivity contribution is -0.139. The van der Waals surface area contributed by atoms with Crippen LogP contribution in [0.5, 0.6) is 11.5 Å². The van der Waals surface area contributed by atoms with Crippen molar-refractivity contribution >= 4 is 27.7 Å². The van der Waals surface area contributed by atoms with Crippen molar-refractivity contribution < 1.29 is 24.2 Å². The second-order valence-corrected chi connectivity index (χ2v) is 12.5. The van der Waals surface area contributed by atoms with Gasteiger partial charge in [-0.15, -0.1) is 0 Å². The summed E-state index contributed by atoms with van der Waals surface area (Å²) in [7, 11) is 1.66. The predicted molar refractivity (Wildman–Crippen MR) is 158 cm³/mol. The van der Waals surface area contributed by atoms with Crippen molar-refractivity contribution in [3.8, 4) is 11.5 Å². The second-order valence-electron chi connectivity index (χ2n) is 11.6. The maximum atomic E-state index is 13.3. The number of aliphatic hydroxyl groups excluding tert-OH is 1. The number of nitrogens with one attached hydrogen (secondary N) is 2. The first kappa shape index (κ1) is 30.3. The lowest BCUT2D eigenvalue weighted by Crippen LogP contribution is -2.54. The first-order valence-electron chi connectivity index (χ1n) is 14.2. The Morgan fingerprint density at radius 2 is 1.98 bits per heavy atom. The normalized spacial score (nSPS) is 24.8. The van der Waals surface area contributed by atoms with Crippen molar-refractivity contribution in [3.63, 3.8) is 0 Å². The van der Waals surface area contributed by atoms with E-state index in [1.165, 1.54) is 4.90 Å². The average Bonchev–Trinajstić information content (AvgIpc) is 2.91. The van der Waals surface area contributed by atoms with Crippen LogP contribution in [0.3, 0.4) is 0 Å². The number of benzene rings is 2. The molecule has 0 saturated carbocycles. The lowest BCUT2D eigenvalue weighted by atomic mass is 9.89. The van der Waals surface area contributed by atoms with E-state index >= 15 is 0 Å². The molecule has 2 aromatic carbocycles. The number of amides is 2. The Morgan fingerprint density at radius 1 is 1.18 bits per heavy atom. The molecule has 0 fully saturated rings. The van der Waals surface area contributed by atoms with Crippen LogP contribution in [0, 0.1) is 0 Å². The number of likely N-dealkylation sites (N-methyl/N-ethyl adjacent to an activating group) is 1. The molecule has 4 atom stereocenters. The van der Waals surface area contributed by atoms with E-state index in [1.54, 1.807) is 14.0 Å². The van der Waals surface area contributed by atoms with Crippen LogP contribution < -0.4 is 20.1 Å². The highest BCUT2D eigenvalue weighted by atomic mass is 79.9. The fourth-order valence-electron chi connectivity index (χ4n) is 5.33. The van der Waals surface area contributed by atoms with E-state index in [0.29, 0.717) is 19.4 Å². The fraction of sp³-hybridized carbons (Fsp3) is 0.548. The van der Waals surface area contributed by atoms with E-state index in [-0.39, 0.29) is 30.0 Å². The Labute approximate surface area is 245 Å². The van der Waals surface area contributed by atoms with Gasteiger partial charge >= 0.3 is 0 Å². The second kappa shape index (κ2) is 13.4. The van der Waals surface area contributed by atoms with Gasteiger partial charge in [-0.05, 0) is 82.3 Å². The van der Waals surface area contributed by atoms with Gasteiger partial charge in [0.15, 0.2) is 0 Å². The summed E-state index contributed by atoms with van der Waals surface area (Å²) in [6, 6.07) is 12.5. The molecule has 0 saturated heterocycles. The van der Waals surface area contributed by atoms with Crippen LogP contribution in [0.25, 0.3) is 0 Å². The summed E-state index contributed by atoms with van der Waals surface area (Å²) in [5.74, 6) is 1.23. The van der Waals surface area contributed by atoms with Crippen molar-refractivity contribution in [2.45, 2.75) is 89.1 Å². The third-order valence-electron chi connectivity index (χ3n) is 7.81. The molecule has 2 aliphatic heterocycles. The minimum Gasteiger partial charge on any atom is -0.494 e. The quantitative estimate of drug-likeness (QED) is 0.467. The van der Waals surface area contributed by atoms with E-state index in [0.717, 1.165) is 52.8 Å². The van der Waals surface area contributed by atoms with Crippen LogP contribution >= 0.6 is 15.9 Å². The van der Waals surface area contributed by atoms with Crippen LogP contribution in [0.15, 0.2) is 46.9 Å². The Kier molecular flexibility index (Phi) is 10.1. The van der Waals surface area contributed by atoms with Crippen LogP contribution in [0.4, 0.5) is 0 Å². The highest BCUT2D eigenvalue weighted by Crippen LogP contribution is 2.40. The van der Waals surface area contributed by atoms with Gasteiger partial charge < -0.3 is 30.1 Å². The topological polar surface area (TPSA) is 100 Å². The lowest BCUT2D eigenvalue weighted by Gasteiger charge is -2.39. The SMILES string of the molecule is C[C@H]1C(=O)N[C@H]([C@H](O)CN[C@@H]2CC(C)(C)Oc3ccc(Br)cc32)Cc2cccc(c2)OCCCCCC(=O)N1C. The number of hydrogen-bond acceptors (Lipinski definition) is 6. The molecule has 2 aliphatic rings. The number of ether oxygens (including phenoxy) is 2. The number of aliphatic hydroxyl groups is 1. The molecule has 2 heterocycles. The first-order valence-corrected chi connectivity index (χ1v) is 15.0. The number of fused-ring (bicyclic) bond motifs is 3. The zero-order chi connectivity index (χ0) is 28.9. The molecular formula is C31H42BrN3O5.